The molecule has 1 unspecified atom stereocenters. The number of aromatic nitrogens is 1. The van der Waals surface area contributed by atoms with E-state index in [-0.39, 0.29) is 29.9 Å². The molecule has 0 saturated carbocycles. The topological polar surface area (TPSA) is 62.3 Å². The van der Waals surface area contributed by atoms with E-state index in [1.165, 1.54) is 4.31 Å². The summed E-state index contributed by atoms with van der Waals surface area (Å²) in [7, 11) is -3.81. The van der Waals surface area contributed by atoms with Gasteiger partial charge in [0.1, 0.15) is 10.6 Å². The highest BCUT2D eigenvalue weighted by molar-refractivity contribution is 7.89. The fraction of sp³-hybridized carbons (Fsp3) is 0.545. The minimum absolute atomic E-state index is 0. The van der Waals surface area contributed by atoms with E-state index in [1.807, 2.05) is 0 Å². The lowest BCUT2D eigenvalue weighted by Gasteiger charge is -2.32. The zero-order valence-corrected chi connectivity index (χ0v) is 12.7. The van der Waals surface area contributed by atoms with Gasteiger partial charge in [-0.2, -0.15) is 17.5 Å². The molecule has 1 aromatic heterocycles. The molecule has 1 N–H and O–H groups in total. The summed E-state index contributed by atoms with van der Waals surface area (Å²) in [5, 5.41) is 3.05. The van der Waals surface area contributed by atoms with Gasteiger partial charge in [-0.3, -0.25) is 4.98 Å². The molecule has 0 aliphatic carbocycles. The minimum Gasteiger partial charge on any atom is -0.314 e. The number of pyridine rings is 1. The Morgan fingerprint density at radius 2 is 2.05 bits per heavy atom. The third-order valence-corrected chi connectivity index (χ3v) is 5.07. The highest BCUT2D eigenvalue weighted by Gasteiger charge is 2.34. The summed E-state index contributed by atoms with van der Waals surface area (Å²) in [4.78, 5) is 2.97. The van der Waals surface area contributed by atoms with Crippen molar-refractivity contribution in [2.24, 2.45) is 0 Å². The average Bonchev–Trinajstić information content (AvgIpc) is 2.38. The van der Waals surface area contributed by atoms with Gasteiger partial charge in [0.2, 0.25) is 10.0 Å². The van der Waals surface area contributed by atoms with Gasteiger partial charge < -0.3 is 5.32 Å². The fourth-order valence-electron chi connectivity index (χ4n) is 2.02. The van der Waals surface area contributed by atoms with Gasteiger partial charge in [-0.05, 0) is 19.1 Å². The molecule has 1 fully saturated rings. The zero-order chi connectivity index (χ0) is 15.0. The number of rotatable bonds is 2. The van der Waals surface area contributed by atoms with Gasteiger partial charge in [0.25, 0.3) is 0 Å². The van der Waals surface area contributed by atoms with Gasteiger partial charge in [-0.1, -0.05) is 0 Å². The Kier molecular flexibility index (Phi) is 5.59. The minimum atomic E-state index is -4.58. The maximum absolute atomic E-state index is 12.4. The summed E-state index contributed by atoms with van der Waals surface area (Å²) in [6.45, 7) is 3.04. The van der Waals surface area contributed by atoms with Crippen molar-refractivity contribution < 1.29 is 21.6 Å². The van der Waals surface area contributed by atoms with Crippen LogP contribution in [0.25, 0.3) is 0 Å². The molecule has 0 radical (unpaired) electrons. The molecule has 0 bridgehead atoms. The first-order valence-corrected chi connectivity index (χ1v) is 7.43. The van der Waals surface area contributed by atoms with Crippen LogP contribution in [-0.2, 0) is 16.2 Å². The first-order chi connectivity index (χ1) is 9.23. The van der Waals surface area contributed by atoms with Crippen LogP contribution in [0, 0.1) is 0 Å². The first-order valence-electron chi connectivity index (χ1n) is 5.99. The molecule has 1 aliphatic rings. The third kappa shape index (κ3) is 3.85. The van der Waals surface area contributed by atoms with Crippen LogP contribution in [0.4, 0.5) is 13.2 Å². The number of piperazine rings is 1. The Balaban J connectivity index is 0.00000220. The second-order valence-electron chi connectivity index (χ2n) is 4.55. The van der Waals surface area contributed by atoms with Crippen molar-refractivity contribution in [3.8, 4) is 0 Å². The van der Waals surface area contributed by atoms with Gasteiger partial charge in [0, 0.05) is 31.9 Å². The van der Waals surface area contributed by atoms with Gasteiger partial charge >= 0.3 is 6.18 Å². The molecular weight excluding hydrogens is 331 g/mol. The lowest BCUT2D eigenvalue weighted by Crippen LogP contribution is -2.52. The number of sulfonamides is 1. The Bertz CT molecular complexity index is 577. The predicted octanol–water partition coefficient (Wildman–Crippen LogP) is 1.50. The van der Waals surface area contributed by atoms with Crippen molar-refractivity contribution in [1.82, 2.24) is 14.6 Å². The van der Waals surface area contributed by atoms with Crippen LogP contribution in [0.15, 0.2) is 23.2 Å². The van der Waals surface area contributed by atoms with Gasteiger partial charge in [-0.25, -0.2) is 8.42 Å². The molecule has 0 aromatic carbocycles. The van der Waals surface area contributed by atoms with Crippen molar-refractivity contribution in [1.29, 1.82) is 0 Å². The molecule has 1 atom stereocenters. The summed E-state index contributed by atoms with van der Waals surface area (Å²) in [5.74, 6) is 0. The molecule has 1 saturated heterocycles. The molecule has 10 heteroatoms. The highest BCUT2D eigenvalue weighted by atomic mass is 35.5. The second-order valence-corrected chi connectivity index (χ2v) is 6.44. The smallest absolute Gasteiger partial charge is 0.314 e. The largest absolute Gasteiger partial charge is 0.433 e. The van der Waals surface area contributed by atoms with Crippen molar-refractivity contribution in [3.05, 3.63) is 24.0 Å². The number of hydrogen-bond donors (Lipinski definition) is 1. The normalized spacial score (nSPS) is 20.9. The lowest BCUT2D eigenvalue weighted by molar-refractivity contribution is -0.141. The van der Waals surface area contributed by atoms with Crippen LogP contribution in [0.1, 0.15) is 12.6 Å². The number of alkyl halides is 3. The Morgan fingerprint density at radius 1 is 1.38 bits per heavy atom. The number of halogens is 4. The second kappa shape index (κ2) is 6.47. The van der Waals surface area contributed by atoms with Crippen LogP contribution in [0.5, 0.6) is 0 Å². The quantitative estimate of drug-likeness (QED) is 0.882. The van der Waals surface area contributed by atoms with Gasteiger partial charge in [0.05, 0.1) is 0 Å². The van der Waals surface area contributed by atoms with E-state index in [1.54, 1.807) is 6.92 Å². The monoisotopic (exact) mass is 345 g/mol. The average molecular weight is 346 g/mol. The maximum atomic E-state index is 12.4. The molecule has 120 valence electrons. The summed E-state index contributed by atoms with van der Waals surface area (Å²) in [6, 6.07) is 1.37. The highest BCUT2D eigenvalue weighted by Crippen LogP contribution is 2.28. The third-order valence-electron chi connectivity index (χ3n) is 3.07. The molecule has 5 nitrogen and oxygen atoms in total. The SMILES string of the molecule is CC1CNCCN1S(=O)(=O)c1ccc(C(F)(F)F)nc1.Cl. The number of hydrogen-bond acceptors (Lipinski definition) is 4. The van der Waals surface area contributed by atoms with Crippen molar-refractivity contribution >= 4 is 22.4 Å². The molecule has 2 heterocycles. The number of nitrogens with one attached hydrogen (secondary N) is 1. The molecule has 1 aromatic rings. The zero-order valence-electron chi connectivity index (χ0n) is 11.1. The summed E-state index contributed by atoms with van der Waals surface area (Å²) in [6.07, 6.45) is -3.82. The Labute approximate surface area is 127 Å². The van der Waals surface area contributed by atoms with E-state index in [9.17, 15) is 21.6 Å². The first kappa shape index (κ1) is 18.1. The summed E-state index contributed by atoms with van der Waals surface area (Å²) < 4.78 is 63.1. The predicted molar refractivity (Wildman–Crippen MR) is 72.7 cm³/mol. The van der Waals surface area contributed by atoms with E-state index in [4.69, 9.17) is 0 Å². The number of nitrogens with zero attached hydrogens (tertiary/aromatic N) is 2. The molecule has 2 rings (SSSR count). The molecular formula is C11H15ClF3N3O2S. The fourth-order valence-corrected chi connectivity index (χ4v) is 3.59. The van der Waals surface area contributed by atoms with E-state index in [0.29, 0.717) is 19.2 Å². The van der Waals surface area contributed by atoms with Crippen LogP contribution in [0.2, 0.25) is 0 Å². The summed E-state index contributed by atoms with van der Waals surface area (Å²) in [5.41, 5.74) is -1.11. The molecule has 1 aliphatic heterocycles. The standard InChI is InChI=1S/C11H14F3N3O2S.ClH/c1-8-6-15-4-5-17(8)20(18,19)9-2-3-10(16-7-9)11(12,13)14;/h2-3,7-8,15H,4-6H2,1H3;1H. The van der Waals surface area contributed by atoms with Crippen molar-refractivity contribution in [2.45, 2.75) is 24.0 Å². The van der Waals surface area contributed by atoms with Crippen molar-refractivity contribution in [3.63, 3.8) is 0 Å². The van der Waals surface area contributed by atoms with Gasteiger partial charge in [-0.15, -0.1) is 12.4 Å². The van der Waals surface area contributed by atoms with E-state index < -0.39 is 21.9 Å². The maximum Gasteiger partial charge on any atom is 0.433 e. The molecule has 0 spiro atoms. The Hall–Kier alpha value is -0.900. The van der Waals surface area contributed by atoms with Crippen LogP contribution >= 0.6 is 12.4 Å². The van der Waals surface area contributed by atoms with E-state index >= 15 is 0 Å². The molecule has 21 heavy (non-hydrogen) atoms. The van der Waals surface area contributed by atoms with E-state index in [2.05, 4.69) is 10.3 Å². The van der Waals surface area contributed by atoms with Crippen LogP contribution in [0.3, 0.4) is 0 Å². The van der Waals surface area contributed by atoms with Crippen LogP contribution in [-0.4, -0.2) is 43.4 Å². The lowest BCUT2D eigenvalue weighted by atomic mass is 10.3. The Morgan fingerprint density at radius 3 is 2.52 bits per heavy atom. The van der Waals surface area contributed by atoms with Crippen LogP contribution < -0.4 is 5.32 Å². The molecule has 0 amide bonds. The van der Waals surface area contributed by atoms with E-state index in [0.717, 1.165) is 12.3 Å². The van der Waals surface area contributed by atoms with Crippen molar-refractivity contribution in [2.75, 3.05) is 19.6 Å². The summed E-state index contributed by atoms with van der Waals surface area (Å²) >= 11 is 0. The van der Waals surface area contributed by atoms with Gasteiger partial charge in [0.15, 0.2) is 0 Å².